The average molecular weight is 1310 g/mol. The van der Waals surface area contributed by atoms with Crippen LogP contribution in [0.25, 0.3) is 208 Å². The van der Waals surface area contributed by atoms with Crippen LogP contribution in [-0.2, 0) is 0 Å². The molecule has 0 aliphatic carbocycles. The molecule has 466 valence electrons. The lowest BCUT2D eigenvalue weighted by molar-refractivity contribution is 0.669. The first-order valence-corrected chi connectivity index (χ1v) is 34.9. The van der Waals surface area contributed by atoms with E-state index in [2.05, 4.69) is 218 Å². The molecule has 0 spiro atoms. The third-order valence-electron chi connectivity index (χ3n) is 19.2. The van der Waals surface area contributed by atoms with Crippen LogP contribution < -0.4 is 0 Å². The Morgan fingerprint density at radius 2 is 0.570 bits per heavy atom. The Morgan fingerprint density at radius 3 is 1.12 bits per heavy atom. The zero-order chi connectivity index (χ0) is 65.8. The Hall–Kier alpha value is -12.9. The van der Waals surface area contributed by atoms with E-state index < -0.39 is 0 Å². The summed E-state index contributed by atoms with van der Waals surface area (Å²) in [7, 11) is 0. The smallest absolute Gasteiger partial charge is 0.164 e. The van der Waals surface area contributed by atoms with Crippen LogP contribution in [0.15, 0.2) is 324 Å². The van der Waals surface area contributed by atoms with Crippen LogP contribution >= 0.6 is 22.7 Å². The first-order valence-electron chi connectivity index (χ1n) is 33.3. The minimum Gasteiger partial charge on any atom is -0.456 e. The van der Waals surface area contributed by atoms with Crippen molar-refractivity contribution in [3.63, 3.8) is 0 Å². The Labute approximate surface area is 581 Å². The molecule has 20 aromatic rings. The SMILES string of the molecule is c1ccc(-c2nc(-c3ccccc3)nc(-c3ccc4c(c3)sc3ccc(-c5cc(-c6ccc(-c7cccc(-c8nc(-c9ccccc9)nc(-c9ccc%10c(c9)sc9ccc(-c%11cc(-c%12ccccc%12)c%12oc%13ccccc%13c%12c%11)cc9%10)n8)c7)cc6)c6c(c5)oc5ccccc56)cc34)n2)cc1. The molecule has 100 heavy (non-hydrogen) atoms. The second-order valence-electron chi connectivity index (χ2n) is 25.3. The zero-order valence-corrected chi connectivity index (χ0v) is 55.0. The van der Waals surface area contributed by atoms with E-state index >= 15 is 0 Å². The van der Waals surface area contributed by atoms with Gasteiger partial charge in [0.1, 0.15) is 22.3 Å². The molecule has 0 aliphatic heterocycles. The van der Waals surface area contributed by atoms with Crippen molar-refractivity contribution in [1.82, 2.24) is 29.9 Å². The number of nitrogens with zero attached hydrogens (tertiary/aromatic N) is 6. The molecular weight excluding hydrogens is 1260 g/mol. The van der Waals surface area contributed by atoms with Gasteiger partial charge in [0.25, 0.3) is 0 Å². The number of furan rings is 2. The molecule has 0 amide bonds. The van der Waals surface area contributed by atoms with Crippen molar-refractivity contribution in [3.05, 3.63) is 315 Å². The molecule has 6 heterocycles. The van der Waals surface area contributed by atoms with Crippen molar-refractivity contribution in [3.8, 4) is 124 Å². The predicted octanol–water partition coefficient (Wildman–Crippen LogP) is 24.9. The van der Waals surface area contributed by atoms with Gasteiger partial charge in [0, 0.05) is 101 Å². The summed E-state index contributed by atoms with van der Waals surface area (Å²) in [5, 5.41) is 9.13. The van der Waals surface area contributed by atoms with Gasteiger partial charge in [-0.15, -0.1) is 22.7 Å². The Bertz CT molecular complexity index is 6590. The van der Waals surface area contributed by atoms with Crippen molar-refractivity contribution in [2.75, 3.05) is 0 Å². The molecule has 8 nitrogen and oxygen atoms in total. The molecule has 0 saturated heterocycles. The van der Waals surface area contributed by atoms with Gasteiger partial charge < -0.3 is 8.83 Å². The van der Waals surface area contributed by atoms with Crippen molar-refractivity contribution in [2.45, 2.75) is 0 Å². The zero-order valence-electron chi connectivity index (χ0n) is 53.3. The fourth-order valence-corrected chi connectivity index (χ4v) is 16.5. The number of hydrogen-bond donors (Lipinski definition) is 0. The molecule has 0 atom stereocenters. The molecule has 0 radical (unpaired) electrons. The summed E-state index contributed by atoms with van der Waals surface area (Å²) in [6.45, 7) is 0. The lowest BCUT2D eigenvalue weighted by atomic mass is 9.93. The van der Waals surface area contributed by atoms with Crippen LogP contribution in [0.3, 0.4) is 0 Å². The highest BCUT2D eigenvalue weighted by Gasteiger charge is 2.22. The fourth-order valence-electron chi connectivity index (χ4n) is 14.2. The lowest BCUT2D eigenvalue weighted by Crippen LogP contribution is -2.00. The Kier molecular flexibility index (Phi) is 13.5. The maximum Gasteiger partial charge on any atom is 0.164 e. The minimum absolute atomic E-state index is 0.597. The quantitative estimate of drug-likeness (QED) is 0.126. The maximum absolute atomic E-state index is 6.72. The molecule has 10 heteroatoms. The van der Waals surface area contributed by atoms with Gasteiger partial charge in [0.15, 0.2) is 34.9 Å². The van der Waals surface area contributed by atoms with Crippen LogP contribution in [0.2, 0.25) is 0 Å². The summed E-state index contributed by atoms with van der Waals surface area (Å²) in [4.78, 5) is 30.7. The molecular formula is C90H52N6O2S2. The monoisotopic (exact) mass is 1310 g/mol. The second kappa shape index (κ2) is 23.5. The summed E-state index contributed by atoms with van der Waals surface area (Å²) in [6.07, 6.45) is 0. The third kappa shape index (κ3) is 10.0. The Morgan fingerprint density at radius 1 is 0.190 bits per heavy atom. The number of fused-ring (bicyclic) bond motifs is 12. The number of rotatable bonds is 11. The van der Waals surface area contributed by atoms with E-state index in [0.29, 0.717) is 34.9 Å². The van der Waals surface area contributed by atoms with E-state index in [0.717, 1.165) is 142 Å². The standard InChI is InChI=1S/C90H52N6O2S2/c1-5-18-54(19-6-1)72-48-65(49-75-67-28-13-15-30-76(67)98-84(72)75)60-38-42-79-73(45-60)68-41-37-64(52-82(68)99-79)90-95-87(58-24-11-4-12-25-58)92-88(96-90)62-27-17-26-59(44-62)53-32-34-55(35-33-53)71-47-66(50-78-83(71)70-29-14-16-31-77(70)97-78)61-39-43-80-74(46-61)69-40-36-63(51-81(69)100-80)89-93-85(56-20-7-2-8-21-56)91-86(94-89)57-22-9-3-10-23-57/h1-52H. The van der Waals surface area contributed by atoms with E-state index in [-0.39, 0.29) is 0 Å². The van der Waals surface area contributed by atoms with Crippen molar-refractivity contribution < 1.29 is 8.83 Å². The number of benzene rings is 14. The van der Waals surface area contributed by atoms with Crippen molar-refractivity contribution in [1.29, 1.82) is 0 Å². The molecule has 0 N–H and O–H groups in total. The van der Waals surface area contributed by atoms with Crippen LogP contribution in [0.1, 0.15) is 0 Å². The largest absolute Gasteiger partial charge is 0.456 e. The van der Waals surface area contributed by atoms with E-state index in [4.69, 9.17) is 38.7 Å². The highest BCUT2D eigenvalue weighted by Crippen LogP contribution is 2.46. The first kappa shape index (κ1) is 57.4. The van der Waals surface area contributed by atoms with Gasteiger partial charge in [-0.1, -0.05) is 237 Å². The van der Waals surface area contributed by atoms with Crippen LogP contribution in [0.5, 0.6) is 0 Å². The number of hydrogen-bond acceptors (Lipinski definition) is 10. The summed E-state index contributed by atoms with van der Waals surface area (Å²) >= 11 is 3.57. The highest BCUT2D eigenvalue weighted by atomic mass is 32.1. The average Bonchev–Trinajstić information content (AvgIpc) is 1.56. The fraction of sp³-hybridized carbons (Fsp3) is 0. The van der Waals surface area contributed by atoms with E-state index in [1.165, 1.54) is 30.9 Å². The molecule has 0 bridgehead atoms. The van der Waals surface area contributed by atoms with Gasteiger partial charge in [-0.25, -0.2) is 29.9 Å². The van der Waals surface area contributed by atoms with Crippen molar-refractivity contribution in [2.24, 2.45) is 0 Å². The summed E-state index contributed by atoms with van der Waals surface area (Å²) in [5.74, 6) is 3.73. The molecule has 0 fully saturated rings. The van der Waals surface area contributed by atoms with Crippen LogP contribution in [0.4, 0.5) is 0 Å². The topological polar surface area (TPSA) is 104 Å². The van der Waals surface area contributed by atoms with Gasteiger partial charge in [0.2, 0.25) is 0 Å². The van der Waals surface area contributed by atoms with Crippen LogP contribution in [0, 0.1) is 0 Å². The van der Waals surface area contributed by atoms with Gasteiger partial charge in [-0.3, -0.25) is 0 Å². The molecule has 0 aliphatic rings. The molecule has 6 aromatic heterocycles. The van der Waals surface area contributed by atoms with Crippen molar-refractivity contribution >= 4 is 107 Å². The van der Waals surface area contributed by atoms with Crippen LogP contribution in [-0.4, -0.2) is 29.9 Å². The predicted molar refractivity (Wildman–Crippen MR) is 413 cm³/mol. The molecule has 20 rings (SSSR count). The summed E-state index contributed by atoms with van der Waals surface area (Å²) < 4.78 is 18.0. The van der Waals surface area contributed by atoms with Gasteiger partial charge in [0.05, 0.1) is 0 Å². The van der Waals surface area contributed by atoms with Gasteiger partial charge in [-0.05, 0) is 129 Å². The van der Waals surface area contributed by atoms with Gasteiger partial charge in [-0.2, -0.15) is 0 Å². The molecule has 0 unspecified atom stereocenters. The summed E-state index contributed by atoms with van der Waals surface area (Å²) in [5.41, 5.74) is 20.0. The Balaban J connectivity index is 0.628. The lowest BCUT2D eigenvalue weighted by Gasteiger charge is -2.11. The van der Waals surface area contributed by atoms with Gasteiger partial charge >= 0.3 is 0 Å². The third-order valence-corrected chi connectivity index (χ3v) is 21.5. The first-order chi connectivity index (χ1) is 49.5. The maximum atomic E-state index is 6.72. The molecule has 0 saturated carbocycles. The number of aromatic nitrogens is 6. The van der Waals surface area contributed by atoms with E-state index in [1.54, 1.807) is 22.7 Å². The minimum atomic E-state index is 0.597. The van der Waals surface area contributed by atoms with E-state index in [9.17, 15) is 0 Å². The second-order valence-corrected chi connectivity index (χ2v) is 27.4. The highest BCUT2D eigenvalue weighted by molar-refractivity contribution is 7.26. The number of thiophene rings is 2. The summed E-state index contributed by atoms with van der Waals surface area (Å²) in [6, 6.07) is 111. The number of para-hydroxylation sites is 2. The normalized spacial score (nSPS) is 11.8. The molecule has 14 aromatic carbocycles. The van der Waals surface area contributed by atoms with E-state index in [1.807, 2.05) is 97.1 Å².